The lowest BCUT2D eigenvalue weighted by molar-refractivity contribution is 0.306. The quantitative estimate of drug-likeness (QED) is 0.804. The summed E-state index contributed by atoms with van der Waals surface area (Å²) in [6, 6.07) is 15.6. The highest BCUT2D eigenvalue weighted by atomic mass is 19.1. The minimum Gasteiger partial charge on any atom is -0.299 e. The van der Waals surface area contributed by atoms with Gasteiger partial charge in [0.1, 0.15) is 5.82 Å². The van der Waals surface area contributed by atoms with Crippen LogP contribution in [0.2, 0.25) is 0 Å². The van der Waals surface area contributed by atoms with E-state index in [1.54, 1.807) is 12.1 Å². The van der Waals surface area contributed by atoms with Gasteiger partial charge in [0.2, 0.25) is 0 Å². The van der Waals surface area contributed by atoms with Crippen molar-refractivity contribution >= 4 is 5.57 Å². The first kappa shape index (κ1) is 15.0. The Bertz CT molecular complexity index is 675. The summed E-state index contributed by atoms with van der Waals surface area (Å²) >= 11 is 0. The van der Waals surface area contributed by atoms with Gasteiger partial charge in [0.05, 0.1) is 0 Å². The molecule has 0 atom stereocenters. The normalized spacial score (nSPS) is 15.6. The molecule has 0 saturated carbocycles. The molecule has 0 aromatic heterocycles. The van der Waals surface area contributed by atoms with Crippen LogP contribution in [-0.2, 0) is 6.42 Å². The summed E-state index contributed by atoms with van der Waals surface area (Å²) in [5.74, 6) is -0.153. The first-order valence-corrected chi connectivity index (χ1v) is 7.93. The third-order valence-corrected chi connectivity index (χ3v) is 4.29. The minimum absolute atomic E-state index is 0.153. The first-order valence-electron chi connectivity index (χ1n) is 7.93. The van der Waals surface area contributed by atoms with E-state index >= 15 is 0 Å². The molecule has 0 radical (unpaired) electrons. The van der Waals surface area contributed by atoms with Crippen LogP contribution in [0, 0.1) is 12.7 Å². The highest BCUT2D eigenvalue weighted by Gasteiger charge is 2.13. The number of hydrogen-bond donors (Lipinski definition) is 0. The summed E-state index contributed by atoms with van der Waals surface area (Å²) in [4.78, 5) is 2.46. The van der Waals surface area contributed by atoms with Crippen LogP contribution in [0.3, 0.4) is 0 Å². The fourth-order valence-electron chi connectivity index (χ4n) is 3.02. The fourth-order valence-corrected chi connectivity index (χ4v) is 3.02. The molecule has 22 heavy (non-hydrogen) atoms. The highest BCUT2D eigenvalue weighted by Crippen LogP contribution is 2.23. The summed E-state index contributed by atoms with van der Waals surface area (Å²) in [6.45, 7) is 5.22. The fraction of sp³-hybridized carbons (Fsp3) is 0.300. The van der Waals surface area contributed by atoms with E-state index in [2.05, 4.69) is 42.2 Å². The second-order valence-electron chi connectivity index (χ2n) is 6.03. The molecule has 1 heterocycles. The van der Waals surface area contributed by atoms with Crippen LogP contribution in [0.4, 0.5) is 4.39 Å². The van der Waals surface area contributed by atoms with Crippen molar-refractivity contribution in [2.75, 3.05) is 19.6 Å². The molecule has 0 saturated heterocycles. The van der Waals surface area contributed by atoms with Gasteiger partial charge >= 0.3 is 0 Å². The van der Waals surface area contributed by atoms with Crippen LogP contribution in [0.5, 0.6) is 0 Å². The minimum atomic E-state index is -0.153. The second-order valence-corrected chi connectivity index (χ2v) is 6.03. The van der Waals surface area contributed by atoms with Gasteiger partial charge in [-0.3, -0.25) is 4.90 Å². The number of halogens is 1. The van der Waals surface area contributed by atoms with E-state index < -0.39 is 0 Å². The number of nitrogens with zero attached hydrogens (tertiary/aromatic N) is 1. The molecule has 0 N–H and O–H groups in total. The predicted molar refractivity (Wildman–Crippen MR) is 90.3 cm³/mol. The molecule has 0 unspecified atom stereocenters. The van der Waals surface area contributed by atoms with Gasteiger partial charge in [0, 0.05) is 19.6 Å². The van der Waals surface area contributed by atoms with Crippen molar-refractivity contribution in [2.45, 2.75) is 19.8 Å². The van der Waals surface area contributed by atoms with Crippen molar-refractivity contribution in [3.63, 3.8) is 0 Å². The summed E-state index contributed by atoms with van der Waals surface area (Å²) < 4.78 is 13.3. The van der Waals surface area contributed by atoms with Crippen molar-refractivity contribution in [1.29, 1.82) is 0 Å². The first-order chi connectivity index (χ1) is 10.7. The van der Waals surface area contributed by atoms with E-state index in [1.165, 1.54) is 22.8 Å². The third kappa shape index (κ3) is 3.83. The highest BCUT2D eigenvalue weighted by molar-refractivity contribution is 5.66. The molecular formula is C20H22FN. The van der Waals surface area contributed by atoms with E-state index in [1.807, 2.05) is 6.07 Å². The largest absolute Gasteiger partial charge is 0.299 e. The molecule has 1 aliphatic rings. The van der Waals surface area contributed by atoms with Gasteiger partial charge < -0.3 is 0 Å². The third-order valence-electron chi connectivity index (χ3n) is 4.29. The standard InChI is InChI=1S/C20H22FN/c1-16-4-2-5-17(14-16)8-11-22-12-9-18(10-13-22)19-6-3-7-20(21)15-19/h2-7,9,14-15H,8,10-13H2,1H3. The molecule has 2 aromatic rings. The Kier molecular flexibility index (Phi) is 4.69. The maximum atomic E-state index is 13.3. The van der Waals surface area contributed by atoms with Crippen LogP contribution in [0.25, 0.3) is 5.57 Å². The van der Waals surface area contributed by atoms with Crippen LogP contribution in [-0.4, -0.2) is 24.5 Å². The number of rotatable bonds is 4. The summed E-state index contributed by atoms with van der Waals surface area (Å²) in [6.07, 6.45) is 4.33. The van der Waals surface area contributed by atoms with Gasteiger partial charge in [-0.05, 0) is 48.6 Å². The van der Waals surface area contributed by atoms with Gasteiger partial charge in [-0.25, -0.2) is 4.39 Å². The van der Waals surface area contributed by atoms with Gasteiger partial charge in [-0.1, -0.05) is 48.0 Å². The zero-order valence-electron chi connectivity index (χ0n) is 13.1. The van der Waals surface area contributed by atoms with E-state index in [4.69, 9.17) is 0 Å². The van der Waals surface area contributed by atoms with Crippen molar-refractivity contribution < 1.29 is 4.39 Å². The zero-order chi connectivity index (χ0) is 15.4. The molecule has 2 aromatic carbocycles. The molecule has 1 nitrogen and oxygen atoms in total. The Morgan fingerprint density at radius 3 is 2.68 bits per heavy atom. The van der Waals surface area contributed by atoms with Crippen LogP contribution in [0.15, 0.2) is 54.6 Å². The van der Waals surface area contributed by atoms with Gasteiger partial charge in [-0.15, -0.1) is 0 Å². The SMILES string of the molecule is Cc1cccc(CCN2CC=C(c3cccc(F)c3)CC2)c1. The molecule has 2 heteroatoms. The lowest BCUT2D eigenvalue weighted by Crippen LogP contribution is -2.30. The van der Waals surface area contributed by atoms with Gasteiger partial charge in [0.25, 0.3) is 0 Å². The predicted octanol–water partition coefficient (Wildman–Crippen LogP) is 4.47. The Morgan fingerprint density at radius 1 is 1.09 bits per heavy atom. The Morgan fingerprint density at radius 2 is 1.95 bits per heavy atom. The van der Waals surface area contributed by atoms with Crippen molar-refractivity contribution in [2.24, 2.45) is 0 Å². The maximum absolute atomic E-state index is 13.3. The van der Waals surface area contributed by atoms with Crippen molar-refractivity contribution in [1.82, 2.24) is 4.90 Å². The summed E-state index contributed by atoms with van der Waals surface area (Å²) in [7, 11) is 0. The lowest BCUT2D eigenvalue weighted by atomic mass is 9.99. The Labute approximate surface area is 132 Å². The molecule has 0 bridgehead atoms. The maximum Gasteiger partial charge on any atom is 0.123 e. The molecular weight excluding hydrogens is 273 g/mol. The van der Waals surface area contributed by atoms with Crippen molar-refractivity contribution in [3.05, 3.63) is 77.1 Å². The second kappa shape index (κ2) is 6.89. The van der Waals surface area contributed by atoms with E-state index in [9.17, 15) is 4.39 Å². The van der Waals surface area contributed by atoms with E-state index in [0.29, 0.717) is 0 Å². The molecule has 0 amide bonds. The summed E-state index contributed by atoms with van der Waals surface area (Å²) in [5, 5.41) is 0. The summed E-state index contributed by atoms with van der Waals surface area (Å²) in [5.41, 5.74) is 5.02. The lowest BCUT2D eigenvalue weighted by Gasteiger charge is -2.26. The van der Waals surface area contributed by atoms with Gasteiger partial charge in [0.15, 0.2) is 0 Å². The number of benzene rings is 2. The van der Waals surface area contributed by atoms with Crippen LogP contribution >= 0.6 is 0 Å². The van der Waals surface area contributed by atoms with Crippen LogP contribution < -0.4 is 0 Å². The molecule has 114 valence electrons. The van der Waals surface area contributed by atoms with E-state index in [-0.39, 0.29) is 5.82 Å². The van der Waals surface area contributed by atoms with Crippen LogP contribution in [0.1, 0.15) is 23.1 Å². The van der Waals surface area contributed by atoms with Crippen molar-refractivity contribution in [3.8, 4) is 0 Å². The Hall–Kier alpha value is -1.93. The Balaban J connectivity index is 1.57. The monoisotopic (exact) mass is 295 g/mol. The molecule has 0 fully saturated rings. The molecule has 0 aliphatic carbocycles. The average Bonchev–Trinajstić information content (AvgIpc) is 2.54. The molecule has 1 aliphatic heterocycles. The molecule has 3 rings (SSSR count). The number of aryl methyl sites for hydroxylation is 1. The average molecular weight is 295 g/mol. The van der Waals surface area contributed by atoms with E-state index in [0.717, 1.165) is 38.0 Å². The molecule has 0 spiro atoms. The smallest absolute Gasteiger partial charge is 0.123 e. The zero-order valence-corrected chi connectivity index (χ0v) is 13.1. The topological polar surface area (TPSA) is 3.24 Å². The van der Waals surface area contributed by atoms with Gasteiger partial charge in [-0.2, -0.15) is 0 Å². The number of hydrogen-bond acceptors (Lipinski definition) is 1.